The molecule has 3 nitrogen and oxygen atoms in total. The first-order valence-electron chi connectivity index (χ1n) is 6.33. The molecule has 0 amide bonds. The summed E-state index contributed by atoms with van der Waals surface area (Å²) in [5.41, 5.74) is 4.85. The van der Waals surface area contributed by atoms with Gasteiger partial charge >= 0.3 is 0 Å². The molecule has 0 atom stereocenters. The molecule has 0 saturated carbocycles. The number of rotatable bonds is 3. The Hall–Kier alpha value is -1.61. The Balaban J connectivity index is 0. The SMILES string of the molecule is CCN.CCn1ccnc1.C\C=C/C=C\C=C/C. The van der Waals surface area contributed by atoms with Crippen LogP contribution < -0.4 is 5.73 Å². The summed E-state index contributed by atoms with van der Waals surface area (Å²) in [5.74, 6) is 0. The minimum atomic E-state index is 0.750. The van der Waals surface area contributed by atoms with Crippen LogP contribution in [0, 0.1) is 0 Å². The van der Waals surface area contributed by atoms with Crippen LogP contribution in [0.3, 0.4) is 0 Å². The molecule has 1 aromatic rings. The number of imidazole rings is 1. The Labute approximate surface area is 112 Å². The Morgan fingerprint density at radius 3 is 1.78 bits per heavy atom. The lowest BCUT2D eigenvalue weighted by Gasteiger charge is -1.87. The van der Waals surface area contributed by atoms with Gasteiger partial charge in [0.15, 0.2) is 0 Å². The van der Waals surface area contributed by atoms with E-state index in [2.05, 4.69) is 11.9 Å². The average Bonchev–Trinajstić information content (AvgIpc) is 2.90. The summed E-state index contributed by atoms with van der Waals surface area (Å²) >= 11 is 0. The second-order valence-electron chi connectivity index (χ2n) is 3.24. The van der Waals surface area contributed by atoms with E-state index in [9.17, 15) is 0 Å². The van der Waals surface area contributed by atoms with Crippen molar-refractivity contribution in [2.24, 2.45) is 5.73 Å². The summed E-state index contributed by atoms with van der Waals surface area (Å²) in [6, 6.07) is 0. The number of hydrogen-bond donors (Lipinski definition) is 1. The van der Waals surface area contributed by atoms with Crippen molar-refractivity contribution in [1.82, 2.24) is 9.55 Å². The molecule has 1 heterocycles. The molecule has 0 aliphatic carbocycles. The first kappa shape index (κ1) is 18.7. The van der Waals surface area contributed by atoms with Crippen LogP contribution in [0.4, 0.5) is 0 Å². The topological polar surface area (TPSA) is 43.8 Å². The van der Waals surface area contributed by atoms with E-state index in [1.165, 1.54) is 0 Å². The van der Waals surface area contributed by atoms with Crippen LogP contribution in [0.5, 0.6) is 0 Å². The van der Waals surface area contributed by atoms with E-state index in [0.717, 1.165) is 13.1 Å². The average molecular weight is 249 g/mol. The molecule has 0 fully saturated rings. The second kappa shape index (κ2) is 17.8. The highest BCUT2D eigenvalue weighted by Gasteiger charge is 1.77. The number of nitrogens with two attached hydrogens (primary N) is 1. The number of aromatic nitrogens is 2. The summed E-state index contributed by atoms with van der Waals surface area (Å²) < 4.78 is 2.01. The maximum atomic E-state index is 4.85. The first-order valence-corrected chi connectivity index (χ1v) is 6.33. The molecular formula is C15H27N3. The normalized spacial score (nSPS) is 10.3. The first-order chi connectivity index (χ1) is 8.76. The summed E-state index contributed by atoms with van der Waals surface area (Å²) in [6.45, 7) is 9.75. The van der Waals surface area contributed by atoms with Crippen molar-refractivity contribution >= 4 is 0 Å². The predicted molar refractivity (Wildman–Crippen MR) is 81.4 cm³/mol. The maximum Gasteiger partial charge on any atom is 0.0945 e. The third-order valence-corrected chi connectivity index (χ3v) is 1.64. The molecule has 1 aromatic heterocycles. The van der Waals surface area contributed by atoms with Gasteiger partial charge in [0.1, 0.15) is 0 Å². The van der Waals surface area contributed by atoms with Crippen LogP contribution in [0.2, 0.25) is 0 Å². The molecule has 0 aliphatic heterocycles. The zero-order valence-corrected chi connectivity index (χ0v) is 12.1. The van der Waals surface area contributed by atoms with E-state index in [1.807, 2.05) is 68.0 Å². The van der Waals surface area contributed by atoms with Crippen LogP contribution in [0.25, 0.3) is 0 Å². The van der Waals surface area contributed by atoms with Crippen molar-refractivity contribution in [3.63, 3.8) is 0 Å². The number of nitrogens with zero attached hydrogens (tertiary/aromatic N) is 2. The fraction of sp³-hybridized carbons (Fsp3) is 0.400. The van der Waals surface area contributed by atoms with Gasteiger partial charge < -0.3 is 10.3 Å². The molecule has 0 radical (unpaired) electrons. The lowest BCUT2D eigenvalue weighted by Crippen LogP contribution is -1.87. The zero-order valence-electron chi connectivity index (χ0n) is 12.1. The van der Waals surface area contributed by atoms with E-state index in [1.54, 1.807) is 12.5 Å². The van der Waals surface area contributed by atoms with Crippen LogP contribution in [0.1, 0.15) is 27.7 Å². The summed E-state index contributed by atoms with van der Waals surface area (Å²) in [7, 11) is 0. The number of hydrogen-bond acceptors (Lipinski definition) is 2. The molecule has 0 aromatic carbocycles. The zero-order chi connectivity index (χ0) is 14.1. The lowest BCUT2D eigenvalue weighted by molar-refractivity contribution is 0.761. The van der Waals surface area contributed by atoms with E-state index in [4.69, 9.17) is 5.73 Å². The van der Waals surface area contributed by atoms with E-state index in [0.29, 0.717) is 0 Å². The lowest BCUT2D eigenvalue weighted by atomic mass is 10.4. The molecule has 18 heavy (non-hydrogen) atoms. The molecule has 0 spiro atoms. The van der Waals surface area contributed by atoms with Crippen molar-refractivity contribution in [3.05, 3.63) is 55.2 Å². The van der Waals surface area contributed by atoms with Gasteiger partial charge in [0.05, 0.1) is 6.33 Å². The summed E-state index contributed by atoms with van der Waals surface area (Å²) in [5, 5.41) is 0. The highest BCUT2D eigenvalue weighted by atomic mass is 15.0. The van der Waals surface area contributed by atoms with Crippen molar-refractivity contribution in [1.29, 1.82) is 0 Å². The molecule has 2 N–H and O–H groups in total. The minimum Gasteiger partial charge on any atom is -0.338 e. The third kappa shape index (κ3) is 16.8. The Kier molecular flexibility index (Phi) is 18.5. The molecule has 0 aliphatic rings. The third-order valence-electron chi connectivity index (χ3n) is 1.64. The van der Waals surface area contributed by atoms with Gasteiger partial charge in [0, 0.05) is 18.9 Å². The highest BCUT2D eigenvalue weighted by molar-refractivity contribution is 5.09. The summed E-state index contributed by atoms with van der Waals surface area (Å²) in [4.78, 5) is 3.86. The molecule has 102 valence electrons. The standard InChI is InChI=1S/C8H12.C5H8N2.C2H7N/c1-3-5-7-8-6-4-2;1-2-7-4-3-6-5-7;1-2-3/h3-8H,1-2H3;3-5H,2H2,1H3;2-3H2,1H3/b5-3-,6-4-,8-7-;;. The molecule has 0 saturated heterocycles. The Morgan fingerprint density at radius 2 is 1.56 bits per heavy atom. The summed E-state index contributed by atoms with van der Waals surface area (Å²) in [6.07, 6.45) is 17.5. The molecule has 3 heteroatoms. The highest BCUT2D eigenvalue weighted by Crippen LogP contribution is 1.81. The molecule has 0 unspecified atom stereocenters. The van der Waals surface area contributed by atoms with Gasteiger partial charge in [-0.25, -0.2) is 4.98 Å². The van der Waals surface area contributed by atoms with Gasteiger partial charge in [-0.1, -0.05) is 43.4 Å². The molecule has 0 bridgehead atoms. The van der Waals surface area contributed by atoms with Crippen LogP contribution in [0.15, 0.2) is 55.2 Å². The van der Waals surface area contributed by atoms with Crippen molar-refractivity contribution < 1.29 is 0 Å². The van der Waals surface area contributed by atoms with Gasteiger partial charge in [-0.2, -0.15) is 0 Å². The van der Waals surface area contributed by atoms with Gasteiger partial charge in [-0.05, 0) is 27.3 Å². The quantitative estimate of drug-likeness (QED) is 0.832. The van der Waals surface area contributed by atoms with Crippen molar-refractivity contribution in [2.75, 3.05) is 6.54 Å². The van der Waals surface area contributed by atoms with Crippen LogP contribution in [-0.4, -0.2) is 16.1 Å². The number of allylic oxidation sites excluding steroid dienone is 6. The Bertz CT molecular complexity index is 294. The van der Waals surface area contributed by atoms with Crippen LogP contribution in [-0.2, 0) is 6.54 Å². The van der Waals surface area contributed by atoms with Gasteiger partial charge in [-0.15, -0.1) is 0 Å². The van der Waals surface area contributed by atoms with Crippen LogP contribution >= 0.6 is 0 Å². The van der Waals surface area contributed by atoms with Gasteiger partial charge in [-0.3, -0.25) is 0 Å². The fourth-order valence-corrected chi connectivity index (χ4v) is 0.824. The fourth-order valence-electron chi connectivity index (χ4n) is 0.824. The van der Waals surface area contributed by atoms with E-state index >= 15 is 0 Å². The monoisotopic (exact) mass is 249 g/mol. The van der Waals surface area contributed by atoms with Gasteiger partial charge in [0.2, 0.25) is 0 Å². The second-order valence-corrected chi connectivity index (χ2v) is 3.24. The predicted octanol–water partition coefficient (Wildman–Crippen LogP) is 3.56. The minimum absolute atomic E-state index is 0.750. The molecular weight excluding hydrogens is 222 g/mol. The number of aryl methyl sites for hydroxylation is 1. The molecule has 1 rings (SSSR count). The van der Waals surface area contributed by atoms with E-state index in [-0.39, 0.29) is 0 Å². The van der Waals surface area contributed by atoms with E-state index < -0.39 is 0 Å². The van der Waals surface area contributed by atoms with Gasteiger partial charge in [0.25, 0.3) is 0 Å². The smallest absolute Gasteiger partial charge is 0.0945 e. The van der Waals surface area contributed by atoms with Crippen molar-refractivity contribution in [3.8, 4) is 0 Å². The largest absolute Gasteiger partial charge is 0.338 e. The Morgan fingerprint density at radius 1 is 1.06 bits per heavy atom. The van der Waals surface area contributed by atoms with Crippen molar-refractivity contribution in [2.45, 2.75) is 34.2 Å². The maximum absolute atomic E-state index is 4.85.